The summed E-state index contributed by atoms with van der Waals surface area (Å²) in [7, 11) is 1.76. The molecule has 0 bridgehead atoms. The number of hydrogen-bond acceptors (Lipinski definition) is 5. The van der Waals surface area contributed by atoms with Gasteiger partial charge in [-0.3, -0.25) is 9.89 Å². The first kappa shape index (κ1) is 15.7. The normalized spacial score (nSPS) is 20.9. The van der Waals surface area contributed by atoms with Crippen LogP contribution in [0.1, 0.15) is 45.9 Å². The highest BCUT2D eigenvalue weighted by Gasteiger charge is 2.34. The van der Waals surface area contributed by atoms with Crippen molar-refractivity contribution in [3.05, 3.63) is 34.8 Å². The maximum absolute atomic E-state index is 12.5. The van der Waals surface area contributed by atoms with Crippen LogP contribution < -0.4 is 0 Å². The highest BCUT2D eigenvalue weighted by atomic mass is 16.5. The van der Waals surface area contributed by atoms with Gasteiger partial charge in [-0.1, -0.05) is 0 Å². The molecule has 0 spiro atoms. The molecule has 1 saturated heterocycles. The monoisotopic (exact) mass is 318 g/mol. The molecule has 2 aromatic rings. The molecule has 0 radical (unpaired) electrons. The minimum atomic E-state index is -0.137. The molecule has 1 aliphatic rings. The molecule has 1 aliphatic heterocycles. The highest BCUT2D eigenvalue weighted by molar-refractivity contribution is 5.91. The van der Waals surface area contributed by atoms with Crippen molar-refractivity contribution in [2.24, 2.45) is 0 Å². The van der Waals surface area contributed by atoms with Crippen molar-refractivity contribution in [2.45, 2.75) is 39.2 Å². The van der Waals surface area contributed by atoms with E-state index in [0.717, 1.165) is 29.4 Å². The van der Waals surface area contributed by atoms with Gasteiger partial charge in [0, 0.05) is 20.2 Å². The fraction of sp³-hybridized carbons (Fsp3) is 0.562. The molecule has 124 valence electrons. The molecule has 0 aliphatic carbocycles. The van der Waals surface area contributed by atoms with Crippen molar-refractivity contribution >= 4 is 5.91 Å². The molecule has 3 heterocycles. The Morgan fingerprint density at radius 1 is 1.43 bits per heavy atom. The number of likely N-dealkylation sites (N-methyl/N-ethyl adjacent to an activating group) is 1. The second kappa shape index (κ2) is 6.16. The third-order valence-electron chi connectivity index (χ3n) is 4.33. The maximum atomic E-state index is 12.5. The van der Waals surface area contributed by atoms with Crippen LogP contribution in [0.2, 0.25) is 0 Å². The molecule has 2 aromatic heterocycles. The summed E-state index contributed by atoms with van der Waals surface area (Å²) in [4.78, 5) is 18.5. The van der Waals surface area contributed by atoms with Gasteiger partial charge in [-0.2, -0.15) is 5.10 Å². The fourth-order valence-corrected chi connectivity index (χ4v) is 2.87. The molecule has 0 aromatic carbocycles. The predicted octanol–water partition coefficient (Wildman–Crippen LogP) is 1.97. The topological polar surface area (TPSA) is 84.2 Å². The number of amides is 1. The van der Waals surface area contributed by atoms with E-state index in [1.807, 2.05) is 20.8 Å². The van der Waals surface area contributed by atoms with E-state index in [1.165, 1.54) is 0 Å². The Labute approximate surface area is 135 Å². The molecule has 2 atom stereocenters. The quantitative estimate of drug-likeness (QED) is 0.931. The van der Waals surface area contributed by atoms with E-state index in [4.69, 9.17) is 9.15 Å². The third-order valence-corrected chi connectivity index (χ3v) is 4.33. The number of furan rings is 1. The lowest BCUT2D eigenvalue weighted by atomic mass is 10.0. The van der Waals surface area contributed by atoms with E-state index in [0.29, 0.717) is 18.9 Å². The molecule has 1 amide bonds. The van der Waals surface area contributed by atoms with Gasteiger partial charge >= 0.3 is 0 Å². The van der Waals surface area contributed by atoms with Crippen LogP contribution in [0.3, 0.4) is 0 Å². The van der Waals surface area contributed by atoms with Crippen molar-refractivity contribution in [3.63, 3.8) is 0 Å². The first-order valence-corrected chi connectivity index (χ1v) is 7.78. The number of aromatic amines is 1. The number of aryl methyl sites for hydroxylation is 3. The van der Waals surface area contributed by atoms with Gasteiger partial charge in [0.2, 0.25) is 0 Å². The van der Waals surface area contributed by atoms with Crippen LogP contribution in [-0.4, -0.2) is 52.3 Å². The molecule has 23 heavy (non-hydrogen) atoms. The molecule has 1 N–H and O–H groups in total. The molecular weight excluding hydrogens is 296 g/mol. The summed E-state index contributed by atoms with van der Waals surface area (Å²) >= 11 is 0. The van der Waals surface area contributed by atoms with E-state index in [1.54, 1.807) is 18.0 Å². The lowest BCUT2D eigenvalue weighted by Gasteiger charge is -2.23. The van der Waals surface area contributed by atoms with Gasteiger partial charge in [-0.25, -0.2) is 4.98 Å². The van der Waals surface area contributed by atoms with E-state index < -0.39 is 0 Å². The van der Waals surface area contributed by atoms with Crippen LogP contribution >= 0.6 is 0 Å². The summed E-state index contributed by atoms with van der Waals surface area (Å²) in [5.74, 6) is 2.66. The first-order chi connectivity index (χ1) is 11.0. The Bertz CT molecular complexity index is 686. The molecule has 0 saturated carbocycles. The Morgan fingerprint density at radius 2 is 2.22 bits per heavy atom. The fourth-order valence-electron chi connectivity index (χ4n) is 2.87. The zero-order valence-corrected chi connectivity index (χ0v) is 13.9. The summed E-state index contributed by atoms with van der Waals surface area (Å²) in [5, 5.41) is 7.10. The second-order valence-electron chi connectivity index (χ2n) is 6.12. The Hall–Kier alpha value is -2.15. The number of aromatic nitrogens is 3. The Balaban J connectivity index is 1.69. The number of ether oxygens (including phenoxy) is 1. The molecule has 0 unspecified atom stereocenters. The van der Waals surface area contributed by atoms with Crippen LogP contribution in [0.25, 0.3) is 0 Å². The summed E-state index contributed by atoms with van der Waals surface area (Å²) in [6, 6.07) is 1.78. The number of carbonyl (C=O) groups is 1. The van der Waals surface area contributed by atoms with Gasteiger partial charge in [-0.05, 0) is 38.8 Å². The summed E-state index contributed by atoms with van der Waals surface area (Å²) in [5.41, 5.74) is 0.980. The van der Waals surface area contributed by atoms with Crippen molar-refractivity contribution < 1.29 is 13.9 Å². The molecule has 1 fully saturated rings. The maximum Gasteiger partial charge on any atom is 0.289 e. The van der Waals surface area contributed by atoms with Crippen LogP contribution in [0.5, 0.6) is 0 Å². The van der Waals surface area contributed by atoms with Gasteiger partial charge in [-0.15, -0.1) is 0 Å². The van der Waals surface area contributed by atoms with E-state index in [-0.39, 0.29) is 17.9 Å². The van der Waals surface area contributed by atoms with Crippen LogP contribution in [0.15, 0.2) is 10.5 Å². The number of H-pyrrole nitrogens is 1. The zero-order chi connectivity index (χ0) is 16.6. The third kappa shape index (κ3) is 3.14. The summed E-state index contributed by atoms with van der Waals surface area (Å²) < 4.78 is 11.3. The van der Waals surface area contributed by atoms with E-state index >= 15 is 0 Å². The predicted molar refractivity (Wildman–Crippen MR) is 83.4 cm³/mol. The number of nitrogens with one attached hydrogen (secondary N) is 1. The van der Waals surface area contributed by atoms with Gasteiger partial charge in [0.25, 0.3) is 5.91 Å². The van der Waals surface area contributed by atoms with Gasteiger partial charge in [0.15, 0.2) is 11.6 Å². The smallest absolute Gasteiger partial charge is 0.289 e. The van der Waals surface area contributed by atoms with Crippen LogP contribution in [0, 0.1) is 20.8 Å². The largest absolute Gasteiger partial charge is 0.456 e. The minimum Gasteiger partial charge on any atom is -0.456 e. The Morgan fingerprint density at radius 3 is 2.83 bits per heavy atom. The first-order valence-electron chi connectivity index (χ1n) is 7.78. The van der Waals surface area contributed by atoms with Gasteiger partial charge in [0.05, 0.1) is 12.0 Å². The van der Waals surface area contributed by atoms with Gasteiger partial charge in [0.1, 0.15) is 11.6 Å². The van der Waals surface area contributed by atoms with Crippen LogP contribution in [-0.2, 0) is 4.74 Å². The number of hydrogen-bond donors (Lipinski definition) is 1. The molecule has 3 rings (SSSR count). The van der Waals surface area contributed by atoms with Crippen molar-refractivity contribution in [3.8, 4) is 0 Å². The highest BCUT2D eigenvalue weighted by Crippen LogP contribution is 2.29. The number of nitrogens with zero attached hydrogens (tertiary/aromatic N) is 3. The molecule has 7 heteroatoms. The van der Waals surface area contributed by atoms with Crippen molar-refractivity contribution in [1.29, 1.82) is 0 Å². The minimum absolute atomic E-state index is 0.101. The summed E-state index contributed by atoms with van der Waals surface area (Å²) in [6.07, 6.45) is 0.763. The average Bonchev–Trinajstić information content (AvgIpc) is 3.20. The second-order valence-corrected chi connectivity index (χ2v) is 6.12. The Kier molecular flexibility index (Phi) is 4.21. The van der Waals surface area contributed by atoms with Gasteiger partial charge < -0.3 is 14.1 Å². The lowest BCUT2D eigenvalue weighted by Crippen LogP contribution is -2.36. The number of carbonyl (C=O) groups excluding carboxylic acids is 1. The zero-order valence-electron chi connectivity index (χ0n) is 13.9. The summed E-state index contributed by atoms with van der Waals surface area (Å²) in [6.45, 7) is 6.80. The van der Waals surface area contributed by atoms with Crippen molar-refractivity contribution in [2.75, 3.05) is 20.2 Å². The molecule has 7 nitrogen and oxygen atoms in total. The van der Waals surface area contributed by atoms with Crippen molar-refractivity contribution in [1.82, 2.24) is 20.1 Å². The van der Waals surface area contributed by atoms with E-state index in [2.05, 4.69) is 15.2 Å². The standard InChI is InChI=1S/C16H22N4O3/c1-9-7-13(23-10(9)2)16(21)20(4)8-14-12(5-6-22-14)15-17-11(3)18-19-15/h7,12,14H,5-6,8H2,1-4H3,(H,17,18,19)/t12-,14-/m1/s1. The average molecular weight is 318 g/mol. The molecular formula is C16H22N4O3. The van der Waals surface area contributed by atoms with Crippen LogP contribution in [0.4, 0.5) is 0 Å². The SMILES string of the molecule is Cc1nc([C@@H]2CCO[C@@H]2CN(C)C(=O)c2cc(C)c(C)o2)n[nH]1. The number of rotatable bonds is 4. The van der Waals surface area contributed by atoms with E-state index in [9.17, 15) is 4.79 Å². The lowest BCUT2D eigenvalue weighted by molar-refractivity contribution is 0.0528.